The van der Waals surface area contributed by atoms with Crippen LogP contribution in [0.4, 0.5) is 0 Å². The molecule has 2 aromatic heterocycles. The van der Waals surface area contributed by atoms with Gasteiger partial charge in [-0.15, -0.1) is 0 Å². The molecule has 0 atom stereocenters. The molecular weight excluding hydrogens is 378 g/mol. The van der Waals surface area contributed by atoms with Crippen LogP contribution in [0.3, 0.4) is 0 Å². The van der Waals surface area contributed by atoms with Crippen LogP contribution in [0.25, 0.3) is 5.69 Å². The van der Waals surface area contributed by atoms with Crippen LogP contribution in [0.1, 0.15) is 22.8 Å². The number of imidazole rings is 1. The van der Waals surface area contributed by atoms with Gasteiger partial charge < -0.3 is 4.90 Å². The number of pyridine rings is 1. The summed E-state index contributed by atoms with van der Waals surface area (Å²) in [6, 6.07) is 12.2. The monoisotopic (exact) mass is 395 g/mol. The minimum Gasteiger partial charge on any atom is -0.302 e. The van der Waals surface area contributed by atoms with Gasteiger partial charge in [0.15, 0.2) is 0 Å². The summed E-state index contributed by atoms with van der Waals surface area (Å²) >= 11 is 3.60. The van der Waals surface area contributed by atoms with E-state index in [0.717, 1.165) is 45.2 Å². The van der Waals surface area contributed by atoms with Crippen molar-refractivity contribution in [1.29, 1.82) is 0 Å². The molecule has 3 aromatic rings. The Bertz CT molecular complexity index is 944. The number of hydrogen-bond donors (Lipinski definition) is 0. The van der Waals surface area contributed by atoms with E-state index in [9.17, 15) is 0 Å². The molecule has 0 aliphatic carbocycles. The lowest BCUT2D eigenvalue weighted by Crippen LogP contribution is -2.16. The Morgan fingerprint density at radius 2 is 2.04 bits per heavy atom. The SMILES string of the molecule is CN(C)Cc1ncc2n1-c1ccc(Br)cc1C(c1ccccn1)=NC2. The van der Waals surface area contributed by atoms with Crippen LogP contribution in [0.5, 0.6) is 0 Å². The van der Waals surface area contributed by atoms with E-state index in [2.05, 4.69) is 67.7 Å². The van der Waals surface area contributed by atoms with Crippen molar-refractivity contribution in [3.63, 3.8) is 0 Å². The summed E-state index contributed by atoms with van der Waals surface area (Å²) in [5, 5.41) is 0. The van der Waals surface area contributed by atoms with E-state index in [-0.39, 0.29) is 0 Å². The Hall–Kier alpha value is -2.31. The molecule has 0 saturated carbocycles. The van der Waals surface area contributed by atoms with Crippen molar-refractivity contribution in [2.45, 2.75) is 13.1 Å². The van der Waals surface area contributed by atoms with E-state index >= 15 is 0 Å². The van der Waals surface area contributed by atoms with E-state index in [4.69, 9.17) is 4.99 Å². The number of aromatic nitrogens is 3. The van der Waals surface area contributed by atoms with Crippen molar-refractivity contribution in [2.24, 2.45) is 4.99 Å². The lowest BCUT2D eigenvalue weighted by molar-refractivity contribution is 0.387. The molecule has 0 spiro atoms. The summed E-state index contributed by atoms with van der Waals surface area (Å²) in [5.74, 6) is 1.01. The van der Waals surface area contributed by atoms with Gasteiger partial charge in [-0.05, 0) is 44.4 Å². The van der Waals surface area contributed by atoms with Gasteiger partial charge in [-0.25, -0.2) is 4.98 Å². The maximum absolute atomic E-state index is 4.87. The smallest absolute Gasteiger partial charge is 0.127 e. The summed E-state index contributed by atoms with van der Waals surface area (Å²) in [4.78, 5) is 16.1. The lowest BCUT2D eigenvalue weighted by Gasteiger charge is -2.16. The van der Waals surface area contributed by atoms with Crippen LogP contribution < -0.4 is 0 Å². The maximum Gasteiger partial charge on any atom is 0.127 e. The highest BCUT2D eigenvalue weighted by molar-refractivity contribution is 9.10. The third-order valence-electron chi connectivity index (χ3n) is 4.13. The molecule has 126 valence electrons. The molecule has 0 radical (unpaired) electrons. The van der Waals surface area contributed by atoms with Gasteiger partial charge in [0.2, 0.25) is 0 Å². The highest BCUT2D eigenvalue weighted by atomic mass is 79.9. The standard InChI is InChI=1S/C19H18BrN5/c1-24(2)12-18-22-10-14-11-23-19(16-5-3-4-8-21-16)15-9-13(20)6-7-17(15)25(14)18/h3-10H,11-12H2,1-2H3. The number of benzene rings is 1. The predicted molar refractivity (Wildman–Crippen MR) is 102 cm³/mol. The molecule has 25 heavy (non-hydrogen) atoms. The van der Waals surface area contributed by atoms with Crippen molar-refractivity contribution < 1.29 is 0 Å². The molecule has 0 bridgehead atoms. The first-order valence-corrected chi connectivity index (χ1v) is 8.89. The van der Waals surface area contributed by atoms with E-state index < -0.39 is 0 Å². The molecule has 0 saturated heterocycles. The summed E-state index contributed by atoms with van der Waals surface area (Å²) in [6.07, 6.45) is 3.73. The topological polar surface area (TPSA) is 46.3 Å². The molecule has 1 aromatic carbocycles. The quantitative estimate of drug-likeness (QED) is 0.682. The first-order chi connectivity index (χ1) is 12.1. The van der Waals surface area contributed by atoms with E-state index in [1.165, 1.54) is 0 Å². The van der Waals surface area contributed by atoms with Crippen LogP contribution in [0, 0.1) is 0 Å². The summed E-state index contributed by atoms with van der Waals surface area (Å²) in [5.41, 5.74) is 5.04. The minimum absolute atomic E-state index is 0.582. The zero-order chi connectivity index (χ0) is 17.4. The normalized spacial score (nSPS) is 13.2. The number of fused-ring (bicyclic) bond motifs is 3. The second-order valence-corrected chi connectivity index (χ2v) is 7.20. The number of hydrogen-bond acceptors (Lipinski definition) is 4. The summed E-state index contributed by atoms with van der Waals surface area (Å²) < 4.78 is 3.24. The van der Waals surface area contributed by atoms with E-state index in [1.54, 1.807) is 6.20 Å². The van der Waals surface area contributed by atoms with Crippen LogP contribution in [0.15, 0.2) is 58.3 Å². The Kier molecular flexibility index (Phi) is 4.23. The van der Waals surface area contributed by atoms with Gasteiger partial charge in [-0.2, -0.15) is 0 Å². The first kappa shape index (κ1) is 16.2. The molecule has 0 amide bonds. The maximum atomic E-state index is 4.87. The Morgan fingerprint density at radius 3 is 2.80 bits per heavy atom. The average molecular weight is 396 g/mol. The molecule has 0 unspecified atom stereocenters. The van der Waals surface area contributed by atoms with Crippen LogP contribution >= 0.6 is 15.9 Å². The van der Waals surface area contributed by atoms with Crippen LogP contribution in [-0.4, -0.2) is 39.2 Å². The minimum atomic E-state index is 0.582. The third kappa shape index (κ3) is 3.03. The number of rotatable bonds is 3. The number of halogens is 1. The van der Waals surface area contributed by atoms with Gasteiger partial charge in [0.25, 0.3) is 0 Å². The van der Waals surface area contributed by atoms with Crippen molar-refractivity contribution in [2.75, 3.05) is 14.1 Å². The van der Waals surface area contributed by atoms with Crippen molar-refractivity contribution in [1.82, 2.24) is 19.4 Å². The van der Waals surface area contributed by atoms with Crippen molar-refractivity contribution >= 4 is 21.6 Å². The van der Waals surface area contributed by atoms with Gasteiger partial charge in [0.1, 0.15) is 5.82 Å². The highest BCUT2D eigenvalue weighted by Gasteiger charge is 2.22. The van der Waals surface area contributed by atoms with Gasteiger partial charge in [0.05, 0.1) is 42.1 Å². The van der Waals surface area contributed by atoms with Crippen LogP contribution in [0.2, 0.25) is 0 Å². The lowest BCUT2D eigenvalue weighted by atomic mass is 10.0. The Morgan fingerprint density at radius 1 is 1.16 bits per heavy atom. The third-order valence-corrected chi connectivity index (χ3v) is 4.62. The van der Waals surface area contributed by atoms with Crippen LogP contribution in [-0.2, 0) is 13.1 Å². The average Bonchev–Trinajstić information content (AvgIpc) is 2.90. The second-order valence-electron chi connectivity index (χ2n) is 6.28. The van der Waals surface area contributed by atoms with E-state index in [1.807, 2.05) is 24.4 Å². The van der Waals surface area contributed by atoms with Gasteiger partial charge in [0, 0.05) is 16.2 Å². The fourth-order valence-electron chi connectivity index (χ4n) is 3.09. The van der Waals surface area contributed by atoms with Gasteiger partial charge in [-0.1, -0.05) is 22.0 Å². The molecule has 6 heteroatoms. The molecule has 0 N–H and O–H groups in total. The van der Waals surface area contributed by atoms with E-state index in [0.29, 0.717) is 6.54 Å². The fraction of sp³-hybridized carbons (Fsp3) is 0.211. The second kappa shape index (κ2) is 6.54. The molecule has 0 fully saturated rings. The van der Waals surface area contributed by atoms with Crippen molar-refractivity contribution in [3.8, 4) is 5.69 Å². The number of nitrogens with zero attached hydrogens (tertiary/aromatic N) is 5. The highest BCUT2D eigenvalue weighted by Crippen LogP contribution is 2.28. The molecule has 1 aliphatic rings. The van der Waals surface area contributed by atoms with Crippen molar-refractivity contribution in [3.05, 3.63) is 76.0 Å². The number of aliphatic imine (C=N–C) groups is 1. The zero-order valence-corrected chi connectivity index (χ0v) is 15.7. The fourth-order valence-corrected chi connectivity index (χ4v) is 3.45. The summed E-state index contributed by atoms with van der Waals surface area (Å²) in [7, 11) is 4.10. The molecule has 4 rings (SSSR count). The molecule has 1 aliphatic heterocycles. The molecular formula is C19H18BrN5. The predicted octanol–water partition coefficient (Wildman–Crippen LogP) is 3.44. The Balaban J connectivity index is 1.94. The molecule has 3 heterocycles. The summed E-state index contributed by atoms with van der Waals surface area (Å²) in [6.45, 7) is 1.35. The largest absolute Gasteiger partial charge is 0.302 e. The van der Waals surface area contributed by atoms with Gasteiger partial charge in [-0.3, -0.25) is 14.5 Å². The first-order valence-electron chi connectivity index (χ1n) is 8.10. The van der Waals surface area contributed by atoms with Gasteiger partial charge >= 0.3 is 0 Å². The molecule has 5 nitrogen and oxygen atoms in total. The Labute approximate surface area is 155 Å². The zero-order valence-electron chi connectivity index (χ0n) is 14.1.